The highest BCUT2D eigenvalue weighted by Gasteiger charge is 2.39. The molecule has 0 bridgehead atoms. The number of carbonyl (C=O) groups is 2. The largest absolute Gasteiger partial charge is 0.337 e. The average molecular weight is 254 g/mol. The number of nitrogens with zero attached hydrogens (tertiary/aromatic N) is 2. The molecule has 2 saturated heterocycles. The molecule has 2 aliphatic rings. The molecule has 6 heteroatoms. The lowest BCUT2D eigenvalue weighted by Crippen LogP contribution is -2.58. The lowest BCUT2D eigenvalue weighted by Gasteiger charge is -2.39. The maximum atomic E-state index is 12.3. The van der Waals surface area contributed by atoms with Crippen LogP contribution in [0.2, 0.25) is 0 Å². The van der Waals surface area contributed by atoms with Gasteiger partial charge in [0.2, 0.25) is 5.91 Å². The average Bonchev–Trinajstić information content (AvgIpc) is 2.67. The van der Waals surface area contributed by atoms with Crippen LogP contribution in [0.1, 0.15) is 20.8 Å². The SMILES string of the molecule is CC(C)(C)C(N)C(=O)N1CCN2C(=O)NCC2C1. The summed E-state index contributed by atoms with van der Waals surface area (Å²) in [7, 11) is 0. The second-order valence-electron chi connectivity index (χ2n) is 6.16. The fourth-order valence-corrected chi connectivity index (χ4v) is 2.37. The normalized spacial score (nSPS) is 25.8. The van der Waals surface area contributed by atoms with Crippen LogP contribution >= 0.6 is 0 Å². The Kier molecular flexibility index (Phi) is 3.23. The highest BCUT2D eigenvalue weighted by molar-refractivity contribution is 5.83. The zero-order chi connectivity index (χ0) is 13.5. The van der Waals surface area contributed by atoms with Crippen molar-refractivity contribution in [2.45, 2.75) is 32.9 Å². The number of piperazine rings is 1. The van der Waals surface area contributed by atoms with Gasteiger partial charge in [0, 0.05) is 26.2 Å². The third-order valence-electron chi connectivity index (χ3n) is 3.74. The van der Waals surface area contributed by atoms with Crippen LogP contribution in [-0.4, -0.2) is 60.0 Å². The Balaban J connectivity index is 2.00. The fraction of sp³-hybridized carbons (Fsp3) is 0.833. The molecule has 2 heterocycles. The number of amides is 3. The van der Waals surface area contributed by atoms with Gasteiger partial charge in [-0.3, -0.25) is 4.79 Å². The number of nitrogens with two attached hydrogens (primary N) is 1. The molecule has 2 aliphatic heterocycles. The molecule has 0 aromatic carbocycles. The van der Waals surface area contributed by atoms with Crippen molar-refractivity contribution in [3.05, 3.63) is 0 Å². The lowest BCUT2D eigenvalue weighted by atomic mass is 9.86. The minimum absolute atomic E-state index is 0.0125. The van der Waals surface area contributed by atoms with E-state index in [4.69, 9.17) is 5.73 Å². The van der Waals surface area contributed by atoms with Crippen molar-refractivity contribution in [3.8, 4) is 0 Å². The van der Waals surface area contributed by atoms with Gasteiger partial charge in [-0.25, -0.2) is 4.79 Å². The summed E-state index contributed by atoms with van der Waals surface area (Å²) in [6, 6.07) is -0.413. The molecule has 3 amide bonds. The van der Waals surface area contributed by atoms with Gasteiger partial charge >= 0.3 is 6.03 Å². The molecular formula is C12H22N4O2. The number of carbonyl (C=O) groups excluding carboxylic acids is 2. The predicted molar refractivity (Wildman–Crippen MR) is 67.9 cm³/mol. The van der Waals surface area contributed by atoms with Crippen molar-refractivity contribution in [2.75, 3.05) is 26.2 Å². The molecule has 2 fully saturated rings. The standard InChI is InChI=1S/C12H22N4O2/c1-12(2,3)9(13)10(17)15-4-5-16-8(7-15)6-14-11(16)18/h8-9H,4-7,13H2,1-3H3,(H,14,18). The molecule has 18 heavy (non-hydrogen) atoms. The van der Waals surface area contributed by atoms with Gasteiger partial charge in [-0.15, -0.1) is 0 Å². The van der Waals surface area contributed by atoms with Crippen molar-refractivity contribution in [3.63, 3.8) is 0 Å². The number of nitrogens with one attached hydrogen (secondary N) is 1. The molecule has 0 radical (unpaired) electrons. The van der Waals surface area contributed by atoms with Gasteiger partial charge < -0.3 is 20.9 Å². The summed E-state index contributed by atoms with van der Waals surface area (Å²) in [5, 5.41) is 2.80. The second kappa shape index (κ2) is 4.42. The second-order valence-corrected chi connectivity index (χ2v) is 6.16. The van der Waals surface area contributed by atoms with Crippen LogP contribution in [0.3, 0.4) is 0 Å². The van der Waals surface area contributed by atoms with Gasteiger partial charge in [-0.2, -0.15) is 0 Å². The zero-order valence-corrected chi connectivity index (χ0v) is 11.3. The van der Waals surface area contributed by atoms with Gasteiger partial charge in [0.15, 0.2) is 0 Å². The van der Waals surface area contributed by atoms with Crippen molar-refractivity contribution >= 4 is 11.9 Å². The maximum absolute atomic E-state index is 12.3. The van der Waals surface area contributed by atoms with E-state index in [0.29, 0.717) is 26.2 Å². The molecular weight excluding hydrogens is 232 g/mol. The number of rotatable bonds is 1. The molecule has 0 spiro atoms. The van der Waals surface area contributed by atoms with Crippen molar-refractivity contribution in [2.24, 2.45) is 11.1 Å². The first-order valence-electron chi connectivity index (χ1n) is 6.39. The summed E-state index contributed by atoms with van der Waals surface area (Å²) in [4.78, 5) is 27.3. The van der Waals surface area contributed by atoms with E-state index in [1.54, 1.807) is 9.80 Å². The predicted octanol–water partition coefficient (Wildman–Crippen LogP) is -0.404. The third-order valence-corrected chi connectivity index (χ3v) is 3.74. The van der Waals surface area contributed by atoms with Crippen molar-refractivity contribution in [1.82, 2.24) is 15.1 Å². The van der Waals surface area contributed by atoms with Gasteiger partial charge in [0.05, 0.1) is 12.1 Å². The Hall–Kier alpha value is -1.30. The number of fused-ring (bicyclic) bond motifs is 1. The Labute approximate surface area is 107 Å². The highest BCUT2D eigenvalue weighted by atomic mass is 16.2. The summed E-state index contributed by atoms with van der Waals surface area (Å²) in [6.45, 7) is 8.27. The highest BCUT2D eigenvalue weighted by Crippen LogP contribution is 2.21. The van der Waals surface area contributed by atoms with Gasteiger partial charge in [0.1, 0.15) is 0 Å². The first-order valence-corrected chi connectivity index (χ1v) is 6.39. The van der Waals surface area contributed by atoms with E-state index in [1.807, 2.05) is 20.8 Å². The molecule has 0 aromatic rings. The van der Waals surface area contributed by atoms with Gasteiger partial charge in [0.25, 0.3) is 0 Å². The van der Waals surface area contributed by atoms with Crippen LogP contribution in [0.4, 0.5) is 4.79 Å². The van der Waals surface area contributed by atoms with Crippen LogP contribution in [0.15, 0.2) is 0 Å². The van der Waals surface area contributed by atoms with Crippen LogP contribution < -0.4 is 11.1 Å². The first kappa shape index (κ1) is 13.1. The Morgan fingerprint density at radius 2 is 2.11 bits per heavy atom. The minimum atomic E-state index is -0.492. The van der Waals surface area contributed by atoms with Gasteiger partial charge in [-0.05, 0) is 5.41 Å². The molecule has 6 nitrogen and oxygen atoms in total. The number of hydrogen-bond acceptors (Lipinski definition) is 3. The minimum Gasteiger partial charge on any atom is -0.337 e. The van der Waals surface area contributed by atoms with Crippen LogP contribution in [0, 0.1) is 5.41 Å². The van der Waals surface area contributed by atoms with Crippen molar-refractivity contribution < 1.29 is 9.59 Å². The number of urea groups is 1. The van der Waals surface area contributed by atoms with E-state index in [-0.39, 0.29) is 23.4 Å². The molecule has 102 valence electrons. The van der Waals surface area contributed by atoms with Crippen molar-refractivity contribution in [1.29, 1.82) is 0 Å². The molecule has 2 atom stereocenters. The van der Waals surface area contributed by atoms with Gasteiger partial charge in [-0.1, -0.05) is 20.8 Å². The topological polar surface area (TPSA) is 78.7 Å². The quantitative estimate of drug-likeness (QED) is 0.668. The van der Waals surface area contributed by atoms with E-state index >= 15 is 0 Å². The molecule has 0 aliphatic carbocycles. The van der Waals surface area contributed by atoms with E-state index in [9.17, 15) is 9.59 Å². The maximum Gasteiger partial charge on any atom is 0.317 e. The summed E-state index contributed by atoms with van der Waals surface area (Å²) in [5.41, 5.74) is 5.76. The monoisotopic (exact) mass is 254 g/mol. The van der Waals surface area contributed by atoms with Crippen LogP contribution in [0.5, 0.6) is 0 Å². The summed E-state index contributed by atoms with van der Waals surface area (Å²) in [6.07, 6.45) is 0. The smallest absolute Gasteiger partial charge is 0.317 e. The Morgan fingerprint density at radius 3 is 2.72 bits per heavy atom. The molecule has 3 N–H and O–H groups in total. The molecule has 2 unspecified atom stereocenters. The zero-order valence-electron chi connectivity index (χ0n) is 11.3. The molecule has 0 aromatic heterocycles. The third kappa shape index (κ3) is 2.29. The molecule has 2 rings (SSSR count). The van der Waals surface area contributed by atoms with E-state index < -0.39 is 6.04 Å². The van der Waals surface area contributed by atoms with Crippen LogP contribution in [0.25, 0.3) is 0 Å². The summed E-state index contributed by atoms with van der Waals surface area (Å²) >= 11 is 0. The lowest BCUT2D eigenvalue weighted by molar-refractivity contribution is -0.137. The van der Waals surface area contributed by atoms with E-state index in [0.717, 1.165) is 0 Å². The molecule has 0 saturated carbocycles. The van der Waals surface area contributed by atoms with E-state index in [2.05, 4.69) is 5.32 Å². The first-order chi connectivity index (χ1) is 8.30. The number of hydrogen-bond donors (Lipinski definition) is 2. The fourth-order valence-electron chi connectivity index (χ4n) is 2.37. The summed E-state index contributed by atoms with van der Waals surface area (Å²) < 4.78 is 0. The van der Waals surface area contributed by atoms with Crippen LogP contribution in [-0.2, 0) is 4.79 Å². The summed E-state index contributed by atoms with van der Waals surface area (Å²) in [5.74, 6) is -0.0125. The van der Waals surface area contributed by atoms with E-state index in [1.165, 1.54) is 0 Å². The Bertz CT molecular complexity index is 364. The Morgan fingerprint density at radius 1 is 1.44 bits per heavy atom.